The van der Waals surface area contributed by atoms with E-state index in [0.717, 1.165) is 17.8 Å². The Morgan fingerprint density at radius 1 is 1.09 bits per heavy atom. The van der Waals surface area contributed by atoms with Crippen LogP contribution in [0.3, 0.4) is 0 Å². The van der Waals surface area contributed by atoms with E-state index in [2.05, 4.69) is 37.4 Å². The first-order chi connectivity index (χ1) is 10.5. The van der Waals surface area contributed by atoms with Crippen molar-refractivity contribution in [2.24, 2.45) is 0 Å². The third-order valence-electron chi connectivity index (χ3n) is 3.78. The van der Waals surface area contributed by atoms with E-state index in [1.54, 1.807) is 0 Å². The highest BCUT2D eigenvalue weighted by molar-refractivity contribution is 5.94. The van der Waals surface area contributed by atoms with E-state index in [1.807, 2.05) is 43.3 Å². The largest absolute Gasteiger partial charge is 0.376 e. The minimum absolute atomic E-state index is 0.0503. The molecule has 0 heterocycles. The number of rotatable bonds is 5. The predicted octanol–water partition coefficient (Wildman–Crippen LogP) is 3.94. The van der Waals surface area contributed by atoms with Gasteiger partial charge in [0, 0.05) is 20.5 Å². The third kappa shape index (κ3) is 4.10. The van der Waals surface area contributed by atoms with Gasteiger partial charge < -0.3 is 10.2 Å². The van der Waals surface area contributed by atoms with Crippen LogP contribution >= 0.6 is 0 Å². The molecule has 3 heteroatoms. The predicted molar refractivity (Wildman–Crippen MR) is 93.6 cm³/mol. The van der Waals surface area contributed by atoms with Crippen LogP contribution in [0.15, 0.2) is 42.5 Å². The number of amides is 1. The van der Waals surface area contributed by atoms with Crippen LogP contribution in [0, 0.1) is 13.8 Å². The molecule has 2 aromatic rings. The van der Waals surface area contributed by atoms with Gasteiger partial charge in [0.1, 0.15) is 0 Å². The van der Waals surface area contributed by atoms with E-state index in [0.29, 0.717) is 6.42 Å². The summed E-state index contributed by atoms with van der Waals surface area (Å²) in [7, 11) is 3.95. The summed E-state index contributed by atoms with van der Waals surface area (Å²) in [4.78, 5) is 14.2. The van der Waals surface area contributed by atoms with Crippen LogP contribution in [0.2, 0.25) is 0 Å². The average Bonchev–Trinajstić information content (AvgIpc) is 2.46. The molecule has 2 aromatic carbocycles. The topological polar surface area (TPSA) is 32.3 Å². The molecule has 0 atom stereocenters. The van der Waals surface area contributed by atoms with Gasteiger partial charge in [-0.15, -0.1) is 0 Å². The highest BCUT2D eigenvalue weighted by atomic mass is 16.1. The van der Waals surface area contributed by atoms with E-state index < -0.39 is 0 Å². The standard InChI is InChI=1S/C19H24N2O/c1-14-9-10-16(15(2)13-14)11-12-19(22)20-17-7-5-6-8-18(17)21(3)4/h5-10,13H,11-12H2,1-4H3,(H,20,22). The fraction of sp³-hybridized carbons (Fsp3) is 0.316. The number of nitrogens with one attached hydrogen (secondary N) is 1. The number of hydrogen-bond donors (Lipinski definition) is 1. The lowest BCUT2D eigenvalue weighted by Crippen LogP contribution is -2.17. The second-order valence-corrected chi connectivity index (χ2v) is 5.89. The van der Waals surface area contributed by atoms with Gasteiger partial charge in [0.15, 0.2) is 0 Å². The fourth-order valence-corrected chi connectivity index (χ4v) is 2.56. The molecule has 22 heavy (non-hydrogen) atoms. The Morgan fingerprint density at radius 3 is 2.50 bits per heavy atom. The lowest BCUT2D eigenvalue weighted by Gasteiger charge is -2.17. The van der Waals surface area contributed by atoms with E-state index in [4.69, 9.17) is 0 Å². The van der Waals surface area contributed by atoms with Crippen LogP contribution in [0.5, 0.6) is 0 Å². The molecule has 1 amide bonds. The number of carbonyl (C=O) groups excluding carboxylic acids is 1. The van der Waals surface area contributed by atoms with Gasteiger partial charge in [0.25, 0.3) is 0 Å². The Kier molecular flexibility index (Phi) is 5.21. The van der Waals surface area contributed by atoms with Crippen LogP contribution in [-0.4, -0.2) is 20.0 Å². The SMILES string of the molecule is Cc1ccc(CCC(=O)Nc2ccccc2N(C)C)c(C)c1. The van der Waals surface area contributed by atoms with Gasteiger partial charge in [-0.3, -0.25) is 4.79 Å². The van der Waals surface area contributed by atoms with Gasteiger partial charge in [0.05, 0.1) is 11.4 Å². The number of nitrogens with zero attached hydrogens (tertiary/aromatic N) is 1. The summed E-state index contributed by atoms with van der Waals surface area (Å²) >= 11 is 0. The Morgan fingerprint density at radius 2 is 1.82 bits per heavy atom. The molecule has 0 aliphatic heterocycles. The lowest BCUT2D eigenvalue weighted by molar-refractivity contribution is -0.116. The summed E-state index contributed by atoms with van der Waals surface area (Å²) in [5, 5.41) is 3.01. The van der Waals surface area contributed by atoms with Crippen LogP contribution in [0.4, 0.5) is 11.4 Å². The number of benzene rings is 2. The first-order valence-corrected chi connectivity index (χ1v) is 7.59. The Hall–Kier alpha value is -2.29. The zero-order valence-electron chi connectivity index (χ0n) is 13.8. The van der Waals surface area contributed by atoms with Crippen LogP contribution in [-0.2, 0) is 11.2 Å². The van der Waals surface area contributed by atoms with Gasteiger partial charge >= 0.3 is 0 Å². The van der Waals surface area contributed by atoms with Gasteiger partial charge in [-0.1, -0.05) is 35.9 Å². The number of para-hydroxylation sites is 2. The summed E-state index contributed by atoms with van der Waals surface area (Å²) in [6.45, 7) is 4.18. The third-order valence-corrected chi connectivity index (χ3v) is 3.78. The minimum atomic E-state index is 0.0503. The zero-order valence-corrected chi connectivity index (χ0v) is 13.8. The monoisotopic (exact) mass is 296 g/mol. The second-order valence-electron chi connectivity index (χ2n) is 5.89. The molecule has 0 radical (unpaired) electrons. The normalized spacial score (nSPS) is 10.4. The molecule has 0 spiro atoms. The molecule has 2 rings (SSSR count). The molecule has 0 aliphatic carbocycles. The first-order valence-electron chi connectivity index (χ1n) is 7.59. The van der Waals surface area contributed by atoms with Crippen molar-refractivity contribution in [1.29, 1.82) is 0 Å². The summed E-state index contributed by atoms with van der Waals surface area (Å²) in [5.74, 6) is 0.0503. The maximum Gasteiger partial charge on any atom is 0.224 e. The van der Waals surface area contributed by atoms with E-state index in [-0.39, 0.29) is 5.91 Å². The smallest absolute Gasteiger partial charge is 0.224 e. The molecular weight excluding hydrogens is 272 g/mol. The molecule has 1 N–H and O–H groups in total. The van der Waals surface area contributed by atoms with Gasteiger partial charge in [-0.05, 0) is 43.5 Å². The summed E-state index contributed by atoms with van der Waals surface area (Å²) < 4.78 is 0. The summed E-state index contributed by atoms with van der Waals surface area (Å²) in [6, 6.07) is 14.2. The molecule has 116 valence electrons. The molecule has 0 unspecified atom stereocenters. The van der Waals surface area contributed by atoms with Crippen molar-refractivity contribution >= 4 is 17.3 Å². The van der Waals surface area contributed by atoms with Gasteiger partial charge in [0.2, 0.25) is 5.91 Å². The molecule has 0 bridgehead atoms. The number of carbonyl (C=O) groups is 1. The summed E-state index contributed by atoms with van der Waals surface area (Å²) in [5.41, 5.74) is 5.62. The van der Waals surface area contributed by atoms with E-state index in [9.17, 15) is 4.79 Å². The molecule has 0 aliphatic rings. The molecule has 0 saturated heterocycles. The van der Waals surface area contributed by atoms with E-state index in [1.165, 1.54) is 16.7 Å². The van der Waals surface area contributed by atoms with Crippen molar-refractivity contribution in [2.75, 3.05) is 24.3 Å². The zero-order chi connectivity index (χ0) is 16.1. The highest BCUT2D eigenvalue weighted by Gasteiger charge is 2.09. The molecule has 0 fully saturated rings. The van der Waals surface area contributed by atoms with Crippen molar-refractivity contribution in [3.05, 3.63) is 59.2 Å². The Labute approximate surface area is 133 Å². The lowest BCUT2D eigenvalue weighted by atomic mass is 10.0. The van der Waals surface area contributed by atoms with Crippen LogP contribution < -0.4 is 10.2 Å². The van der Waals surface area contributed by atoms with E-state index >= 15 is 0 Å². The summed E-state index contributed by atoms with van der Waals surface area (Å²) in [6.07, 6.45) is 1.26. The quantitative estimate of drug-likeness (QED) is 0.906. The molecular formula is C19H24N2O. The maximum atomic E-state index is 12.2. The van der Waals surface area contributed by atoms with Crippen LogP contribution in [0.1, 0.15) is 23.1 Å². The number of anilines is 2. The Bertz CT molecular complexity index is 662. The van der Waals surface area contributed by atoms with Gasteiger partial charge in [-0.25, -0.2) is 0 Å². The first kappa shape index (κ1) is 16.1. The highest BCUT2D eigenvalue weighted by Crippen LogP contribution is 2.23. The number of aryl methyl sites for hydroxylation is 3. The second kappa shape index (κ2) is 7.12. The van der Waals surface area contributed by atoms with Crippen LogP contribution in [0.25, 0.3) is 0 Å². The molecule has 0 aromatic heterocycles. The molecule has 3 nitrogen and oxygen atoms in total. The van der Waals surface area contributed by atoms with Crippen molar-refractivity contribution in [3.63, 3.8) is 0 Å². The maximum absolute atomic E-state index is 12.2. The van der Waals surface area contributed by atoms with Crippen molar-refractivity contribution in [1.82, 2.24) is 0 Å². The Balaban J connectivity index is 1.99. The fourth-order valence-electron chi connectivity index (χ4n) is 2.56. The molecule has 0 saturated carbocycles. The van der Waals surface area contributed by atoms with Crippen molar-refractivity contribution < 1.29 is 4.79 Å². The van der Waals surface area contributed by atoms with Crippen molar-refractivity contribution in [3.8, 4) is 0 Å². The van der Waals surface area contributed by atoms with Gasteiger partial charge in [-0.2, -0.15) is 0 Å². The minimum Gasteiger partial charge on any atom is -0.376 e. The van der Waals surface area contributed by atoms with Crippen molar-refractivity contribution in [2.45, 2.75) is 26.7 Å². The number of hydrogen-bond acceptors (Lipinski definition) is 2. The average molecular weight is 296 g/mol.